The molecule has 2 heterocycles. The van der Waals surface area contributed by atoms with Gasteiger partial charge < -0.3 is 0 Å². The first-order valence-corrected chi connectivity index (χ1v) is 13.3. The van der Waals surface area contributed by atoms with Crippen molar-refractivity contribution in [1.82, 2.24) is 29.9 Å². The molecule has 0 fully saturated rings. The largest absolute Gasteiger partial charge is 0.219 e. The van der Waals surface area contributed by atoms with Crippen molar-refractivity contribution in [3.8, 4) is 22.8 Å². The van der Waals surface area contributed by atoms with E-state index in [1.807, 2.05) is 27.7 Å². The van der Waals surface area contributed by atoms with E-state index in [9.17, 15) is 0 Å². The van der Waals surface area contributed by atoms with Gasteiger partial charge in [-0.3, -0.25) is 0 Å². The molecule has 2 aromatic heterocycles. The maximum absolute atomic E-state index is 4.77. The first kappa shape index (κ1) is 24.3. The summed E-state index contributed by atoms with van der Waals surface area (Å²) >= 11 is 0. The molecule has 6 rings (SSSR count). The molecule has 0 atom stereocenters. The Balaban J connectivity index is 1.83. The fourth-order valence-electron chi connectivity index (χ4n) is 5.85. The van der Waals surface area contributed by atoms with Gasteiger partial charge in [-0.2, -0.15) is 0 Å². The second-order valence-corrected chi connectivity index (χ2v) is 10.9. The Labute approximate surface area is 223 Å². The second-order valence-electron chi connectivity index (χ2n) is 10.9. The lowest BCUT2D eigenvalue weighted by atomic mass is 9.82. The number of rotatable bonds is 4. The third-order valence-electron chi connectivity index (χ3n) is 7.41. The smallest absolute Gasteiger partial charge is 0.163 e. The molecule has 38 heavy (non-hydrogen) atoms. The van der Waals surface area contributed by atoms with Crippen molar-refractivity contribution in [2.75, 3.05) is 0 Å². The van der Waals surface area contributed by atoms with Crippen molar-refractivity contribution in [3.05, 3.63) is 70.8 Å². The highest BCUT2D eigenvalue weighted by molar-refractivity contribution is 6.28. The number of hydrogen-bond acceptors (Lipinski definition) is 6. The maximum Gasteiger partial charge on any atom is 0.163 e. The van der Waals surface area contributed by atoms with Crippen LogP contribution in [0.4, 0.5) is 0 Å². The van der Waals surface area contributed by atoms with E-state index in [1.54, 1.807) is 0 Å². The quantitative estimate of drug-likeness (QED) is 0.230. The molecular weight excluding hydrogens is 468 g/mol. The third kappa shape index (κ3) is 3.78. The SMILES string of the molecule is Cc1nc(C)nc(-c2cc(C(C)C)c3ccc4c(-c5nc(C)nc(C)n5)cc(C(C)C)c5ccc2c3c45)n1. The monoisotopic (exact) mass is 500 g/mol. The van der Waals surface area contributed by atoms with E-state index in [4.69, 9.17) is 19.9 Å². The molecule has 0 aliphatic rings. The van der Waals surface area contributed by atoms with Crippen LogP contribution in [0.15, 0.2) is 36.4 Å². The summed E-state index contributed by atoms with van der Waals surface area (Å²) in [5.74, 6) is 5.04. The highest BCUT2D eigenvalue weighted by Crippen LogP contribution is 2.46. The Bertz CT molecular complexity index is 1690. The van der Waals surface area contributed by atoms with Crippen LogP contribution in [0.3, 0.4) is 0 Å². The zero-order valence-corrected chi connectivity index (χ0v) is 23.3. The minimum Gasteiger partial charge on any atom is -0.219 e. The first-order chi connectivity index (χ1) is 18.1. The topological polar surface area (TPSA) is 77.3 Å². The normalized spacial score (nSPS) is 12.2. The highest BCUT2D eigenvalue weighted by atomic mass is 15.0. The van der Waals surface area contributed by atoms with Crippen LogP contribution >= 0.6 is 0 Å². The number of hydrogen-bond donors (Lipinski definition) is 0. The van der Waals surface area contributed by atoms with Crippen molar-refractivity contribution >= 4 is 32.3 Å². The van der Waals surface area contributed by atoms with Gasteiger partial charge in [-0.1, -0.05) is 52.0 Å². The van der Waals surface area contributed by atoms with Crippen LogP contribution in [0.1, 0.15) is 74.0 Å². The Morgan fingerprint density at radius 1 is 0.447 bits per heavy atom. The van der Waals surface area contributed by atoms with Gasteiger partial charge in [0.05, 0.1) is 0 Å². The Kier molecular flexibility index (Phi) is 5.60. The fourth-order valence-corrected chi connectivity index (χ4v) is 5.85. The van der Waals surface area contributed by atoms with Crippen molar-refractivity contribution < 1.29 is 0 Å². The summed E-state index contributed by atoms with van der Waals surface area (Å²) in [6, 6.07) is 13.6. The summed E-state index contributed by atoms with van der Waals surface area (Å²) in [5.41, 5.74) is 4.68. The van der Waals surface area contributed by atoms with Gasteiger partial charge in [0.2, 0.25) is 0 Å². The third-order valence-corrected chi connectivity index (χ3v) is 7.41. The molecule has 0 unspecified atom stereocenters. The van der Waals surface area contributed by atoms with E-state index in [0.717, 1.165) is 56.8 Å². The zero-order chi connectivity index (χ0) is 26.9. The average molecular weight is 501 g/mol. The molecule has 0 amide bonds. The van der Waals surface area contributed by atoms with E-state index < -0.39 is 0 Å². The van der Waals surface area contributed by atoms with Crippen molar-refractivity contribution in [2.45, 2.75) is 67.2 Å². The number of nitrogens with zero attached hydrogens (tertiary/aromatic N) is 6. The summed E-state index contributed by atoms with van der Waals surface area (Å²) in [7, 11) is 0. The van der Waals surface area contributed by atoms with E-state index >= 15 is 0 Å². The molecule has 0 radical (unpaired) electrons. The van der Waals surface area contributed by atoms with Gasteiger partial charge in [0, 0.05) is 11.1 Å². The van der Waals surface area contributed by atoms with E-state index in [1.165, 1.54) is 32.7 Å². The van der Waals surface area contributed by atoms with Crippen LogP contribution in [0.2, 0.25) is 0 Å². The van der Waals surface area contributed by atoms with Gasteiger partial charge in [0.1, 0.15) is 23.3 Å². The molecule has 0 saturated carbocycles. The lowest BCUT2D eigenvalue weighted by molar-refractivity contribution is 0.874. The summed E-state index contributed by atoms with van der Waals surface area (Å²) in [6.07, 6.45) is 0. The molecule has 0 spiro atoms. The maximum atomic E-state index is 4.77. The molecule has 6 aromatic rings. The van der Waals surface area contributed by atoms with Crippen molar-refractivity contribution in [1.29, 1.82) is 0 Å². The van der Waals surface area contributed by atoms with Crippen LogP contribution < -0.4 is 0 Å². The lowest BCUT2D eigenvalue weighted by Gasteiger charge is -2.22. The molecule has 0 aliphatic heterocycles. The van der Waals surface area contributed by atoms with Gasteiger partial charge in [0.25, 0.3) is 0 Å². The first-order valence-electron chi connectivity index (χ1n) is 13.3. The summed E-state index contributed by atoms with van der Waals surface area (Å²) in [4.78, 5) is 27.9. The summed E-state index contributed by atoms with van der Waals surface area (Å²) in [6.45, 7) is 16.7. The van der Waals surface area contributed by atoms with Crippen LogP contribution in [0.25, 0.3) is 55.1 Å². The minimum atomic E-state index is 0.334. The summed E-state index contributed by atoms with van der Waals surface area (Å²) < 4.78 is 0. The summed E-state index contributed by atoms with van der Waals surface area (Å²) in [5, 5.41) is 7.36. The number of benzene rings is 4. The fraction of sp³-hybridized carbons (Fsp3) is 0.312. The van der Waals surface area contributed by atoms with E-state index in [2.05, 4.69) is 74.1 Å². The second kappa shape index (κ2) is 8.76. The highest BCUT2D eigenvalue weighted by Gasteiger charge is 2.23. The van der Waals surface area contributed by atoms with Gasteiger partial charge in [0.15, 0.2) is 11.6 Å². The predicted molar refractivity (Wildman–Crippen MR) is 155 cm³/mol. The Morgan fingerprint density at radius 3 is 1.08 bits per heavy atom. The van der Waals surface area contributed by atoms with Gasteiger partial charge >= 0.3 is 0 Å². The molecule has 190 valence electrons. The molecule has 4 aromatic carbocycles. The molecule has 0 saturated heterocycles. The zero-order valence-electron chi connectivity index (χ0n) is 23.3. The van der Waals surface area contributed by atoms with Crippen LogP contribution in [-0.4, -0.2) is 29.9 Å². The van der Waals surface area contributed by atoms with Gasteiger partial charge in [-0.05, 0) is 95.1 Å². The van der Waals surface area contributed by atoms with Gasteiger partial charge in [-0.25, -0.2) is 29.9 Å². The van der Waals surface area contributed by atoms with Crippen molar-refractivity contribution in [2.24, 2.45) is 0 Å². The van der Waals surface area contributed by atoms with E-state index in [0.29, 0.717) is 11.8 Å². The number of aryl methyl sites for hydroxylation is 4. The minimum absolute atomic E-state index is 0.334. The molecule has 6 heteroatoms. The molecule has 0 bridgehead atoms. The standard InChI is InChI=1S/C32H32N6/c1-15(2)25-13-27(31-35-17(5)33-18(6)36-31)23-12-10-22-26(16(3)4)14-28(32-37-19(7)34-20(8)38-32)24-11-9-21(25)29(23)30(22)24/h9-16H,1-8H3. The number of aromatic nitrogens is 6. The Hall–Kier alpha value is -4.06. The van der Waals surface area contributed by atoms with E-state index in [-0.39, 0.29) is 0 Å². The average Bonchev–Trinajstić information content (AvgIpc) is 2.85. The molecule has 6 nitrogen and oxygen atoms in total. The Morgan fingerprint density at radius 2 is 0.763 bits per heavy atom. The van der Waals surface area contributed by atoms with Crippen LogP contribution in [-0.2, 0) is 0 Å². The lowest BCUT2D eigenvalue weighted by Crippen LogP contribution is -2.03. The van der Waals surface area contributed by atoms with Crippen molar-refractivity contribution in [3.63, 3.8) is 0 Å². The predicted octanol–water partition coefficient (Wildman–Crippen LogP) is 7.77. The van der Waals surface area contributed by atoms with Crippen LogP contribution in [0.5, 0.6) is 0 Å². The molecule has 0 aliphatic carbocycles. The molecular formula is C32H32N6. The van der Waals surface area contributed by atoms with Crippen LogP contribution in [0, 0.1) is 27.7 Å². The molecule has 0 N–H and O–H groups in total. The van der Waals surface area contributed by atoms with Gasteiger partial charge in [-0.15, -0.1) is 0 Å².